The number of nitrogens with zero attached hydrogens (tertiary/aromatic N) is 7. The summed E-state index contributed by atoms with van der Waals surface area (Å²) in [6.07, 6.45) is 5.06. The lowest BCUT2D eigenvalue weighted by Crippen LogP contribution is -2.24. The van der Waals surface area contributed by atoms with E-state index in [-0.39, 0.29) is 17.8 Å². The second kappa shape index (κ2) is 10.8. The first-order chi connectivity index (χ1) is 18.4. The Morgan fingerprint density at radius 1 is 1.08 bits per heavy atom. The molecule has 1 unspecified atom stereocenters. The van der Waals surface area contributed by atoms with Crippen molar-refractivity contribution in [2.45, 2.75) is 45.1 Å². The van der Waals surface area contributed by atoms with Crippen LogP contribution in [-0.4, -0.2) is 41.0 Å². The number of carboxylic acids is 1. The van der Waals surface area contributed by atoms with Crippen molar-refractivity contribution in [3.05, 3.63) is 71.7 Å². The summed E-state index contributed by atoms with van der Waals surface area (Å²) in [7, 11) is 0. The summed E-state index contributed by atoms with van der Waals surface area (Å²) in [5, 5.41) is 27.0. The number of nitrogens with two attached hydrogens (primary N) is 1. The van der Waals surface area contributed by atoms with Crippen LogP contribution in [0.2, 0.25) is 0 Å². The maximum absolute atomic E-state index is 11.3. The third-order valence-corrected chi connectivity index (χ3v) is 7.28. The highest BCUT2D eigenvalue weighted by atomic mass is 16.4. The van der Waals surface area contributed by atoms with Gasteiger partial charge in [0.05, 0.1) is 47.4 Å². The Bertz CT molecular complexity index is 1500. The summed E-state index contributed by atoms with van der Waals surface area (Å²) in [4.78, 5) is 24.8. The van der Waals surface area contributed by atoms with Gasteiger partial charge in [0.25, 0.3) is 0 Å². The van der Waals surface area contributed by atoms with Gasteiger partial charge >= 0.3 is 5.97 Å². The quantitative estimate of drug-likeness (QED) is 0.371. The Hall–Kier alpha value is -4.65. The second-order valence-corrected chi connectivity index (χ2v) is 9.78. The number of rotatable bonds is 7. The molecule has 1 saturated carbocycles. The number of carbonyl (C=O) groups is 1. The molecule has 1 fully saturated rings. The predicted octanol–water partition coefficient (Wildman–Crippen LogP) is 4.29. The fraction of sp³-hybridized carbons (Fsp3) is 0.321. The Morgan fingerprint density at radius 3 is 2.61 bits per heavy atom. The van der Waals surface area contributed by atoms with Gasteiger partial charge in [0.1, 0.15) is 5.69 Å². The minimum atomic E-state index is -0.683. The van der Waals surface area contributed by atoms with Crippen molar-refractivity contribution < 1.29 is 9.90 Å². The monoisotopic (exact) mass is 508 g/mol. The molecular weight excluding hydrogens is 480 g/mol. The van der Waals surface area contributed by atoms with Gasteiger partial charge in [-0.25, -0.2) is 14.6 Å². The summed E-state index contributed by atoms with van der Waals surface area (Å²) in [6.45, 7) is 2.62. The topological polar surface area (TPSA) is 156 Å². The molecule has 192 valence electrons. The zero-order chi connectivity index (χ0) is 26.6. The molecule has 10 heteroatoms. The highest BCUT2D eigenvalue weighted by Crippen LogP contribution is 2.37. The van der Waals surface area contributed by atoms with E-state index >= 15 is 0 Å². The molecule has 0 spiro atoms. The summed E-state index contributed by atoms with van der Waals surface area (Å²) >= 11 is 0. The van der Waals surface area contributed by atoms with Crippen LogP contribution in [-0.2, 0) is 11.3 Å². The SMILES string of the molecule is CC(c1cccc(Cn2cc(-c3cc(-c4cccc(C#N)c4)nc(N)n3)nn2)n1)C1CCC(C(=O)O)CC1. The molecule has 0 bridgehead atoms. The molecule has 0 radical (unpaired) electrons. The molecule has 0 saturated heterocycles. The highest BCUT2D eigenvalue weighted by Gasteiger charge is 2.30. The Labute approximate surface area is 220 Å². The van der Waals surface area contributed by atoms with Crippen LogP contribution < -0.4 is 5.73 Å². The Morgan fingerprint density at radius 2 is 1.84 bits per heavy atom. The van der Waals surface area contributed by atoms with Crippen molar-refractivity contribution in [2.75, 3.05) is 5.73 Å². The highest BCUT2D eigenvalue weighted by molar-refractivity contribution is 5.70. The normalized spacial score (nSPS) is 18.0. The third kappa shape index (κ3) is 5.52. The first kappa shape index (κ1) is 25.0. The molecular formula is C28H28N8O2. The van der Waals surface area contributed by atoms with E-state index in [9.17, 15) is 15.2 Å². The Kier molecular flexibility index (Phi) is 7.09. The number of nitriles is 1. The summed E-state index contributed by atoms with van der Waals surface area (Å²) < 4.78 is 1.71. The smallest absolute Gasteiger partial charge is 0.306 e. The molecule has 38 heavy (non-hydrogen) atoms. The number of hydrogen-bond acceptors (Lipinski definition) is 8. The lowest BCUT2D eigenvalue weighted by molar-refractivity contribution is -0.143. The predicted molar refractivity (Wildman–Crippen MR) is 140 cm³/mol. The van der Waals surface area contributed by atoms with Gasteiger partial charge in [0.15, 0.2) is 0 Å². The van der Waals surface area contributed by atoms with Crippen LogP contribution in [0.5, 0.6) is 0 Å². The number of aromatic nitrogens is 6. The van der Waals surface area contributed by atoms with Crippen molar-refractivity contribution in [2.24, 2.45) is 11.8 Å². The van der Waals surface area contributed by atoms with E-state index in [1.807, 2.05) is 24.3 Å². The van der Waals surface area contributed by atoms with Crippen molar-refractivity contribution in [1.29, 1.82) is 5.26 Å². The van der Waals surface area contributed by atoms with E-state index in [1.165, 1.54) is 0 Å². The fourth-order valence-electron chi connectivity index (χ4n) is 5.10. The lowest BCUT2D eigenvalue weighted by Gasteiger charge is -2.30. The first-order valence-corrected chi connectivity index (χ1v) is 12.6. The van der Waals surface area contributed by atoms with Gasteiger partial charge in [0.2, 0.25) is 5.95 Å². The van der Waals surface area contributed by atoms with Crippen LogP contribution in [0.3, 0.4) is 0 Å². The van der Waals surface area contributed by atoms with Gasteiger partial charge in [-0.3, -0.25) is 9.78 Å². The zero-order valence-corrected chi connectivity index (χ0v) is 21.0. The van der Waals surface area contributed by atoms with Crippen molar-refractivity contribution in [3.8, 4) is 28.7 Å². The fourth-order valence-corrected chi connectivity index (χ4v) is 5.10. The van der Waals surface area contributed by atoms with Gasteiger partial charge in [-0.2, -0.15) is 5.26 Å². The molecule has 3 N–H and O–H groups in total. The number of anilines is 1. The molecule has 5 rings (SSSR count). The van der Waals surface area contributed by atoms with Crippen LogP contribution in [0.4, 0.5) is 5.95 Å². The molecule has 10 nitrogen and oxygen atoms in total. The van der Waals surface area contributed by atoms with Gasteiger partial charge < -0.3 is 10.8 Å². The Balaban J connectivity index is 1.31. The maximum Gasteiger partial charge on any atom is 0.306 e. The number of pyridine rings is 1. The second-order valence-electron chi connectivity index (χ2n) is 9.78. The zero-order valence-electron chi connectivity index (χ0n) is 21.0. The largest absolute Gasteiger partial charge is 0.481 e. The number of nitrogen functional groups attached to an aromatic ring is 1. The lowest BCUT2D eigenvalue weighted by atomic mass is 9.75. The van der Waals surface area contributed by atoms with Crippen LogP contribution in [0.25, 0.3) is 22.6 Å². The number of aliphatic carboxylic acids is 1. The van der Waals surface area contributed by atoms with E-state index in [2.05, 4.69) is 33.3 Å². The van der Waals surface area contributed by atoms with Crippen LogP contribution in [0, 0.1) is 23.2 Å². The number of hydrogen-bond donors (Lipinski definition) is 2. The molecule has 3 heterocycles. The van der Waals surface area contributed by atoms with Crippen LogP contribution >= 0.6 is 0 Å². The maximum atomic E-state index is 11.3. The van der Waals surface area contributed by atoms with Gasteiger partial charge in [-0.05, 0) is 61.9 Å². The molecule has 1 atom stereocenters. The van der Waals surface area contributed by atoms with Crippen molar-refractivity contribution in [3.63, 3.8) is 0 Å². The van der Waals surface area contributed by atoms with Crippen molar-refractivity contribution >= 4 is 11.9 Å². The molecule has 0 aliphatic heterocycles. The molecule has 4 aromatic rings. The van der Waals surface area contributed by atoms with E-state index < -0.39 is 5.97 Å². The average Bonchev–Trinajstić information content (AvgIpc) is 3.41. The molecule has 1 aromatic carbocycles. The molecule has 0 amide bonds. The minimum Gasteiger partial charge on any atom is -0.481 e. The number of carboxylic acid groups (broad SMARTS) is 1. The summed E-state index contributed by atoms with van der Waals surface area (Å²) in [5.74, 6) is -0.119. The van der Waals surface area contributed by atoms with Crippen molar-refractivity contribution in [1.82, 2.24) is 29.9 Å². The third-order valence-electron chi connectivity index (χ3n) is 7.28. The van der Waals surface area contributed by atoms with E-state index in [4.69, 9.17) is 10.7 Å². The van der Waals surface area contributed by atoms with Crippen LogP contribution in [0.15, 0.2) is 54.7 Å². The summed E-state index contributed by atoms with van der Waals surface area (Å²) in [6, 6.07) is 17.0. The van der Waals surface area contributed by atoms with Gasteiger partial charge in [-0.1, -0.05) is 30.3 Å². The van der Waals surface area contributed by atoms with Gasteiger partial charge in [-0.15, -0.1) is 5.10 Å². The molecule has 1 aliphatic carbocycles. The molecule has 1 aliphatic rings. The molecule has 3 aromatic heterocycles. The van der Waals surface area contributed by atoms with E-state index in [1.54, 1.807) is 35.1 Å². The number of benzene rings is 1. The first-order valence-electron chi connectivity index (χ1n) is 12.6. The van der Waals surface area contributed by atoms with E-state index in [0.717, 1.165) is 42.6 Å². The average molecular weight is 509 g/mol. The van der Waals surface area contributed by atoms with Gasteiger partial charge in [0, 0.05) is 17.2 Å². The standard InChI is InChI=1S/C28H28N8O2/c1-17(19-8-10-20(11-9-19)27(37)38)23-7-3-6-22(31-23)15-36-16-26(34-35-36)25-13-24(32-28(30)33-25)21-5-2-4-18(12-21)14-29/h2-7,12-13,16-17,19-20H,8-11,15H2,1H3,(H,37,38)(H2,30,32,33). The van der Waals surface area contributed by atoms with Crippen LogP contribution in [0.1, 0.15) is 55.5 Å². The minimum absolute atomic E-state index is 0.107. The summed E-state index contributed by atoms with van der Waals surface area (Å²) in [5.41, 5.74) is 10.8. The van der Waals surface area contributed by atoms with E-state index in [0.29, 0.717) is 35.1 Å².